The van der Waals surface area contributed by atoms with E-state index in [2.05, 4.69) is 22.1 Å². The number of halogens is 1. The molecule has 1 N–H and O–H groups in total. The summed E-state index contributed by atoms with van der Waals surface area (Å²) in [6.07, 6.45) is 3.18. The third-order valence-electron chi connectivity index (χ3n) is 3.37. The highest BCUT2D eigenvalue weighted by Crippen LogP contribution is 2.11. The van der Waals surface area contributed by atoms with Gasteiger partial charge >= 0.3 is 0 Å². The first-order valence-electron chi connectivity index (χ1n) is 6.34. The number of carbonyl (C=O) groups is 1. The van der Waals surface area contributed by atoms with Gasteiger partial charge in [0, 0.05) is 25.3 Å². The molecule has 98 valence electrons. The molecular weight excluding hydrogens is 233 g/mol. The lowest BCUT2D eigenvalue weighted by atomic mass is 10.0. The molecule has 4 nitrogen and oxygen atoms in total. The predicted octanol–water partition coefficient (Wildman–Crippen LogP) is 1.43. The van der Waals surface area contributed by atoms with Gasteiger partial charge in [0.05, 0.1) is 5.56 Å². The molecule has 0 aromatic carbocycles. The van der Waals surface area contributed by atoms with Crippen LogP contribution < -0.4 is 5.32 Å². The molecule has 0 atom stereocenters. The van der Waals surface area contributed by atoms with Gasteiger partial charge in [0.25, 0.3) is 5.91 Å². The molecule has 1 aliphatic rings. The largest absolute Gasteiger partial charge is 0.349 e. The summed E-state index contributed by atoms with van der Waals surface area (Å²) in [6, 6.07) is 3.16. The number of nitrogens with zero attached hydrogens (tertiary/aromatic N) is 2. The lowest BCUT2D eigenvalue weighted by Gasteiger charge is -2.31. The number of piperidine rings is 1. The van der Waals surface area contributed by atoms with Crippen molar-refractivity contribution in [2.45, 2.75) is 25.8 Å². The van der Waals surface area contributed by atoms with Gasteiger partial charge in [0.15, 0.2) is 0 Å². The minimum atomic E-state index is -0.707. The number of hydrogen-bond donors (Lipinski definition) is 1. The van der Waals surface area contributed by atoms with Crippen molar-refractivity contribution in [3.63, 3.8) is 0 Å². The van der Waals surface area contributed by atoms with Gasteiger partial charge in [-0.2, -0.15) is 4.39 Å². The minimum Gasteiger partial charge on any atom is -0.349 e. The molecule has 1 aliphatic heterocycles. The number of rotatable bonds is 3. The fourth-order valence-electron chi connectivity index (χ4n) is 2.21. The summed E-state index contributed by atoms with van der Waals surface area (Å²) in [7, 11) is 0. The monoisotopic (exact) mass is 251 g/mol. The van der Waals surface area contributed by atoms with Gasteiger partial charge in [-0.05, 0) is 31.5 Å². The lowest BCUT2D eigenvalue weighted by molar-refractivity contribution is 0.0907. The maximum Gasteiger partial charge on any atom is 0.256 e. The van der Waals surface area contributed by atoms with E-state index in [0.717, 1.165) is 32.5 Å². The molecule has 0 spiro atoms. The summed E-state index contributed by atoms with van der Waals surface area (Å²) >= 11 is 0. The topological polar surface area (TPSA) is 45.2 Å². The highest BCUT2D eigenvalue weighted by molar-refractivity contribution is 5.94. The first kappa shape index (κ1) is 13.0. The zero-order valence-electron chi connectivity index (χ0n) is 10.5. The third-order valence-corrected chi connectivity index (χ3v) is 3.37. The van der Waals surface area contributed by atoms with E-state index < -0.39 is 5.95 Å². The average molecular weight is 251 g/mol. The van der Waals surface area contributed by atoms with Gasteiger partial charge in [-0.15, -0.1) is 0 Å². The quantitative estimate of drug-likeness (QED) is 0.827. The first-order chi connectivity index (χ1) is 8.70. The molecule has 1 aromatic heterocycles. The van der Waals surface area contributed by atoms with Crippen LogP contribution in [-0.4, -0.2) is 41.5 Å². The smallest absolute Gasteiger partial charge is 0.256 e. The van der Waals surface area contributed by atoms with Crippen molar-refractivity contribution in [2.24, 2.45) is 0 Å². The molecule has 1 saturated heterocycles. The maximum absolute atomic E-state index is 13.3. The molecule has 0 unspecified atom stereocenters. The summed E-state index contributed by atoms with van der Waals surface area (Å²) in [5, 5.41) is 2.88. The number of aromatic nitrogens is 1. The number of hydrogen-bond acceptors (Lipinski definition) is 3. The van der Waals surface area contributed by atoms with Crippen LogP contribution in [0.4, 0.5) is 4.39 Å². The first-order valence-corrected chi connectivity index (χ1v) is 6.34. The van der Waals surface area contributed by atoms with E-state index in [1.165, 1.54) is 12.3 Å². The van der Waals surface area contributed by atoms with Crippen LogP contribution >= 0.6 is 0 Å². The van der Waals surface area contributed by atoms with Crippen molar-refractivity contribution < 1.29 is 9.18 Å². The summed E-state index contributed by atoms with van der Waals surface area (Å²) in [6.45, 7) is 5.13. The van der Waals surface area contributed by atoms with Crippen LogP contribution in [0.1, 0.15) is 30.1 Å². The number of nitrogens with one attached hydrogen (secondary N) is 1. The van der Waals surface area contributed by atoms with Crippen LogP contribution in [0.2, 0.25) is 0 Å². The Balaban J connectivity index is 1.91. The molecule has 0 saturated carbocycles. The third kappa shape index (κ3) is 3.04. The molecule has 0 radical (unpaired) electrons. The normalized spacial score (nSPS) is 17.7. The van der Waals surface area contributed by atoms with Gasteiger partial charge in [0.1, 0.15) is 0 Å². The highest BCUT2D eigenvalue weighted by atomic mass is 19.1. The summed E-state index contributed by atoms with van der Waals surface area (Å²) in [5.74, 6) is -1.07. The van der Waals surface area contributed by atoms with Gasteiger partial charge in [-0.1, -0.05) is 6.92 Å². The fraction of sp³-hybridized carbons (Fsp3) is 0.538. The molecule has 1 amide bonds. The lowest BCUT2D eigenvalue weighted by Crippen LogP contribution is -2.44. The number of amides is 1. The molecule has 5 heteroatoms. The van der Waals surface area contributed by atoms with Crippen molar-refractivity contribution in [3.8, 4) is 0 Å². The van der Waals surface area contributed by atoms with E-state index in [0.29, 0.717) is 0 Å². The van der Waals surface area contributed by atoms with E-state index >= 15 is 0 Å². The van der Waals surface area contributed by atoms with Gasteiger partial charge < -0.3 is 10.2 Å². The Labute approximate surface area is 106 Å². The van der Waals surface area contributed by atoms with Gasteiger partial charge in [-0.25, -0.2) is 4.98 Å². The Morgan fingerprint density at radius 2 is 2.28 bits per heavy atom. The zero-order valence-corrected chi connectivity index (χ0v) is 10.5. The molecule has 1 fully saturated rings. The Bertz CT molecular complexity index is 416. The molecule has 18 heavy (non-hydrogen) atoms. The van der Waals surface area contributed by atoms with Crippen LogP contribution in [0.5, 0.6) is 0 Å². The van der Waals surface area contributed by atoms with Crippen molar-refractivity contribution >= 4 is 5.91 Å². The van der Waals surface area contributed by atoms with E-state index in [4.69, 9.17) is 0 Å². The second-order valence-corrected chi connectivity index (χ2v) is 4.52. The molecule has 0 aliphatic carbocycles. The maximum atomic E-state index is 13.3. The van der Waals surface area contributed by atoms with Crippen molar-refractivity contribution in [2.75, 3.05) is 19.6 Å². The Morgan fingerprint density at radius 3 is 2.89 bits per heavy atom. The van der Waals surface area contributed by atoms with E-state index in [9.17, 15) is 9.18 Å². The van der Waals surface area contributed by atoms with Gasteiger partial charge in [0.2, 0.25) is 5.95 Å². The molecule has 0 bridgehead atoms. The van der Waals surface area contributed by atoms with Crippen LogP contribution in [0.3, 0.4) is 0 Å². The van der Waals surface area contributed by atoms with E-state index in [-0.39, 0.29) is 17.5 Å². The van der Waals surface area contributed by atoms with Crippen LogP contribution in [0.25, 0.3) is 0 Å². The molecule has 2 heterocycles. The minimum absolute atomic E-state index is 0.0235. The number of carbonyl (C=O) groups excluding carboxylic acids is 1. The number of likely N-dealkylation sites (tertiary alicyclic amines) is 1. The van der Waals surface area contributed by atoms with E-state index in [1.807, 2.05) is 0 Å². The Morgan fingerprint density at radius 1 is 1.56 bits per heavy atom. The van der Waals surface area contributed by atoms with Crippen LogP contribution in [-0.2, 0) is 0 Å². The SMILES string of the molecule is CCN1CCC(NC(=O)c2cccnc2F)CC1. The standard InChI is InChI=1S/C13H18FN3O/c1-2-17-8-5-10(6-9-17)16-13(18)11-4-3-7-15-12(11)14/h3-4,7,10H,2,5-6,8-9H2,1H3,(H,16,18). The summed E-state index contributed by atoms with van der Waals surface area (Å²) in [4.78, 5) is 17.7. The zero-order chi connectivity index (χ0) is 13.0. The van der Waals surface area contributed by atoms with Gasteiger partial charge in [-0.3, -0.25) is 4.79 Å². The number of pyridine rings is 1. The average Bonchev–Trinajstić information content (AvgIpc) is 2.40. The van der Waals surface area contributed by atoms with Crippen LogP contribution in [0, 0.1) is 5.95 Å². The summed E-state index contributed by atoms with van der Waals surface area (Å²) in [5.41, 5.74) is 0.0235. The van der Waals surface area contributed by atoms with Crippen molar-refractivity contribution in [1.29, 1.82) is 0 Å². The predicted molar refractivity (Wildman–Crippen MR) is 66.8 cm³/mol. The fourth-order valence-corrected chi connectivity index (χ4v) is 2.21. The second kappa shape index (κ2) is 5.91. The Hall–Kier alpha value is -1.49. The second-order valence-electron chi connectivity index (χ2n) is 4.52. The van der Waals surface area contributed by atoms with Crippen molar-refractivity contribution in [3.05, 3.63) is 29.8 Å². The molecule has 2 rings (SSSR count). The molecule has 1 aromatic rings. The molecular formula is C13H18FN3O. The van der Waals surface area contributed by atoms with E-state index in [1.54, 1.807) is 6.07 Å². The van der Waals surface area contributed by atoms with Crippen LogP contribution in [0.15, 0.2) is 18.3 Å². The Kier molecular flexibility index (Phi) is 4.25. The summed E-state index contributed by atoms with van der Waals surface area (Å²) < 4.78 is 13.3. The van der Waals surface area contributed by atoms with Crippen molar-refractivity contribution in [1.82, 2.24) is 15.2 Å². The highest BCUT2D eigenvalue weighted by Gasteiger charge is 2.21.